The molecule has 65 heavy (non-hydrogen) atoms. The van der Waals surface area contributed by atoms with Gasteiger partial charge < -0.3 is 30.0 Å². The number of amides is 2. The molecule has 4 aromatic rings. The number of rotatable bonds is 13. The SMILES string of the molecule is Cl.Cn1c(C(=O)Nc2cccc(-c3cccc(NC(=O)c4nc5c(n4C)CCN(CCC46CCC(C(=O)O)(CC4)C6)C5)c3Cl)c2Cl)nc2c1CCN(CCC13CCC(C(=O)O)(CC1)C3)C2. The summed E-state index contributed by atoms with van der Waals surface area (Å²) in [5, 5.41) is 26.2. The van der Waals surface area contributed by atoms with Crippen LogP contribution in [0.15, 0.2) is 36.4 Å². The number of imidazole rings is 2. The maximum Gasteiger partial charge on any atom is 0.309 e. The first-order chi connectivity index (χ1) is 30.6. The maximum atomic E-state index is 13.8. The Bertz CT molecular complexity index is 2410. The van der Waals surface area contributed by atoms with Crippen LogP contribution in [-0.4, -0.2) is 89.0 Å². The van der Waals surface area contributed by atoms with Crippen molar-refractivity contribution in [3.63, 3.8) is 0 Å². The molecule has 2 aromatic heterocycles. The zero-order valence-electron chi connectivity index (χ0n) is 37.0. The van der Waals surface area contributed by atoms with E-state index in [0.29, 0.717) is 57.3 Å². The van der Waals surface area contributed by atoms with E-state index >= 15 is 0 Å². The average molecular weight is 948 g/mol. The van der Waals surface area contributed by atoms with Crippen LogP contribution in [0.4, 0.5) is 11.4 Å². The van der Waals surface area contributed by atoms with Crippen LogP contribution in [0, 0.1) is 21.7 Å². The minimum absolute atomic E-state index is 0. The number of nitrogens with zero attached hydrogens (tertiary/aromatic N) is 6. The van der Waals surface area contributed by atoms with Crippen molar-refractivity contribution < 1.29 is 29.4 Å². The molecule has 0 spiro atoms. The lowest BCUT2D eigenvalue weighted by molar-refractivity contribution is -0.149. The van der Waals surface area contributed by atoms with Crippen molar-refractivity contribution in [3.05, 3.63) is 80.9 Å². The van der Waals surface area contributed by atoms with Crippen molar-refractivity contribution in [2.45, 2.75) is 103 Å². The number of carbonyl (C=O) groups is 4. The van der Waals surface area contributed by atoms with Crippen LogP contribution in [-0.2, 0) is 49.6 Å². The maximum absolute atomic E-state index is 13.8. The van der Waals surface area contributed by atoms with Crippen LogP contribution >= 0.6 is 35.6 Å². The van der Waals surface area contributed by atoms with E-state index in [4.69, 9.17) is 33.2 Å². The molecular weight excluding hydrogens is 891 g/mol. The van der Waals surface area contributed by atoms with Gasteiger partial charge in [0.1, 0.15) is 0 Å². The van der Waals surface area contributed by atoms with E-state index < -0.39 is 22.8 Å². The van der Waals surface area contributed by atoms with Gasteiger partial charge in [-0.2, -0.15) is 0 Å². The average Bonchev–Trinajstić information content (AvgIpc) is 4.15. The molecule has 0 saturated heterocycles. The molecule has 4 heterocycles. The summed E-state index contributed by atoms with van der Waals surface area (Å²) in [5.74, 6) is -1.45. The van der Waals surface area contributed by atoms with E-state index in [1.165, 1.54) is 0 Å². The topological polar surface area (TPSA) is 175 Å². The van der Waals surface area contributed by atoms with Gasteiger partial charge in [0.2, 0.25) is 0 Å². The Morgan fingerprint density at radius 1 is 0.631 bits per heavy atom. The molecule has 4 N–H and O–H groups in total. The van der Waals surface area contributed by atoms with Gasteiger partial charge in [-0.3, -0.25) is 29.0 Å². The molecule has 2 aromatic carbocycles. The highest BCUT2D eigenvalue weighted by Gasteiger charge is 2.59. The Morgan fingerprint density at radius 3 is 1.37 bits per heavy atom. The standard InChI is InChI=1S/C48H56Cl2N8O6.ClH/c1-55-35-9-21-57(23-19-45-11-15-47(27-45,16-12-45)43(61)62)25-33(35)51-39(55)41(59)53-31-7-3-5-29(37(31)49)30-6-4-8-32(38(30)50)54-42(60)40-52-34-26-58(22-10-36(34)56(40)2)24-20-46-13-17-48(28-46,18-14-46)44(63)64;/h3-8H,9-28H2,1-2H3,(H,53,59)(H,54,60)(H,61,62)(H,63,64);1H. The Kier molecular flexibility index (Phi) is 11.9. The fraction of sp³-hybridized carbons (Fsp3) is 0.542. The predicted molar refractivity (Wildman–Crippen MR) is 250 cm³/mol. The largest absolute Gasteiger partial charge is 0.481 e. The quantitative estimate of drug-likeness (QED) is 0.102. The molecule has 0 atom stereocenters. The van der Waals surface area contributed by atoms with Crippen LogP contribution in [0.2, 0.25) is 10.0 Å². The summed E-state index contributed by atoms with van der Waals surface area (Å²) in [5.41, 5.74) is 4.99. The molecule has 2 aliphatic heterocycles. The van der Waals surface area contributed by atoms with Gasteiger partial charge in [0.05, 0.1) is 43.6 Å². The second-order valence-corrected chi connectivity index (χ2v) is 20.9. The lowest BCUT2D eigenvalue weighted by atomic mass is 9.80. The predicted octanol–water partition coefficient (Wildman–Crippen LogP) is 8.62. The number of halogens is 3. The van der Waals surface area contributed by atoms with Gasteiger partial charge in [-0.15, -0.1) is 12.4 Å². The molecule has 17 heteroatoms. The molecule has 0 unspecified atom stereocenters. The third-order valence-corrected chi connectivity index (χ3v) is 17.5. The summed E-state index contributed by atoms with van der Waals surface area (Å²) in [4.78, 5) is 66.0. The van der Waals surface area contributed by atoms with E-state index in [1.54, 1.807) is 24.3 Å². The number of benzene rings is 2. The smallest absolute Gasteiger partial charge is 0.309 e. The van der Waals surface area contributed by atoms with Crippen molar-refractivity contribution in [2.24, 2.45) is 35.8 Å². The second-order valence-electron chi connectivity index (χ2n) is 20.1. The summed E-state index contributed by atoms with van der Waals surface area (Å²) in [6, 6.07) is 10.7. The molecule has 14 nitrogen and oxygen atoms in total. The highest BCUT2D eigenvalue weighted by molar-refractivity contribution is 6.40. The first-order valence-corrected chi connectivity index (χ1v) is 23.6. The number of carboxylic acids is 2. The molecule has 10 rings (SSSR count). The minimum Gasteiger partial charge on any atom is -0.481 e. The van der Waals surface area contributed by atoms with Crippen LogP contribution in [0.3, 0.4) is 0 Å². The number of aliphatic carboxylic acids is 2. The van der Waals surface area contributed by atoms with E-state index in [1.807, 2.05) is 35.4 Å². The van der Waals surface area contributed by atoms with Crippen molar-refractivity contribution in [3.8, 4) is 11.1 Å². The van der Waals surface area contributed by atoms with Crippen LogP contribution in [0.25, 0.3) is 11.1 Å². The van der Waals surface area contributed by atoms with Crippen LogP contribution in [0.5, 0.6) is 0 Å². The van der Waals surface area contributed by atoms with Gasteiger partial charge in [0.25, 0.3) is 11.8 Å². The number of anilines is 2. The Labute approximate surface area is 394 Å². The molecule has 6 aliphatic rings. The molecule has 0 radical (unpaired) electrons. The fourth-order valence-corrected chi connectivity index (χ4v) is 13.2. The Balaban J connectivity index is 0.00000533. The van der Waals surface area contributed by atoms with E-state index in [0.717, 1.165) is 139 Å². The molecule has 4 bridgehead atoms. The highest BCUT2D eigenvalue weighted by atomic mass is 35.5. The monoisotopic (exact) mass is 946 g/mol. The molecule has 4 aliphatic carbocycles. The zero-order chi connectivity index (χ0) is 44.8. The fourth-order valence-electron chi connectivity index (χ4n) is 12.7. The van der Waals surface area contributed by atoms with Gasteiger partial charge in [0.15, 0.2) is 11.6 Å². The number of nitrogens with one attached hydrogen (secondary N) is 2. The van der Waals surface area contributed by atoms with E-state index in [-0.39, 0.29) is 35.1 Å². The first-order valence-electron chi connectivity index (χ1n) is 22.8. The van der Waals surface area contributed by atoms with Crippen LogP contribution in [0.1, 0.15) is 121 Å². The highest BCUT2D eigenvalue weighted by Crippen LogP contribution is 2.64. The molecule has 2 amide bonds. The van der Waals surface area contributed by atoms with Crippen molar-refractivity contribution in [1.29, 1.82) is 0 Å². The van der Waals surface area contributed by atoms with Gasteiger partial charge in [0, 0.05) is 75.6 Å². The molecule has 4 saturated carbocycles. The van der Waals surface area contributed by atoms with Crippen molar-refractivity contribution in [1.82, 2.24) is 28.9 Å². The third kappa shape index (κ3) is 7.94. The summed E-state index contributed by atoms with van der Waals surface area (Å²) in [6.45, 7) is 4.75. The Morgan fingerprint density at radius 2 is 1.02 bits per heavy atom. The van der Waals surface area contributed by atoms with Crippen molar-refractivity contribution >= 4 is 70.7 Å². The van der Waals surface area contributed by atoms with Crippen LogP contribution < -0.4 is 10.6 Å². The van der Waals surface area contributed by atoms with E-state index in [9.17, 15) is 29.4 Å². The van der Waals surface area contributed by atoms with Gasteiger partial charge in [-0.1, -0.05) is 47.5 Å². The minimum atomic E-state index is -0.633. The first kappa shape index (κ1) is 45.7. The summed E-state index contributed by atoms with van der Waals surface area (Å²) in [7, 11) is 3.73. The summed E-state index contributed by atoms with van der Waals surface area (Å²) < 4.78 is 3.73. The van der Waals surface area contributed by atoms with Gasteiger partial charge in [-0.05, 0) is 113 Å². The number of fused-ring (bicyclic) bond motifs is 6. The summed E-state index contributed by atoms with van der Waals surface area (Å²) >= 11 is 14.0. The summed E-state index contributed by atoms with van der Waals surface area (Å²) in [6.07, 6.45) is 12.2. The molecule has 346 valence electrons. The number of hydrogen-bond acceptors (Lipinski definition) is 8. The van der Waals surface area contributed by atoms with Crippen molar-refractivity contribution in [2.75, 3.05) is 36.8 Å². The lowest BCUT2D eigenvalue weighted by Crippen LogP contribution is -2.34. The second kappa shape index (κ2) is 17.0. The third-order valence-electron chi connectivity index (χ3n) is 16.6. The molecule has 4 fully saturated rings. The number of hydrogen-bond donors (Lipinski definition) is 4. The normalized spacial score (nSPS) is 26.7. The van der Waals surface area contributed by atoms with Gasteiger partial charge >= 0.3 is 11.9 Å². The van der Waals surface area contributed by atoms with Gasteiger partial charge in [-0.25, -0.2) is 9.97 Å². The number of carbonyl (C=O) groups excluding carboxylic acids is 2. The number of aromatic nitrogens is 4. The molecular formula is C48H57Cl3N8O6. The van der Waals surface area contributed by atoms with E-state index in [2.05, 4.69) is 20.4 Å². The zero-order valence-corrected chi connectivity index (χ0v) is 39.3. The Hall–Kier alpha value is -4.47. The number of carboxylic acid groups (broad SMARTS) is 2. The lowest BCUT2D eigenvalue weighted by Gasteiger charge is -2.32.